The molecule has 1 aliphatic carbocycles. The van der Waals surface area contributed by atoms with Crippen molar-refractivity contribution in [3.63, 3.8) is 0 Å². The van der Waals surface area contributed by atoms with E-state index in [-0.39, 0.29) is 11.7 Å². The summed E-state index contributed by atoms with van der Waals surface area (Å²) in [7, 11) is -3.60. The fraction of sp³-hybridized carbons (Fsp3) is 0.389. The average Bonchev–Trinajstić information content (AvgIpc) is 3.12. The molecule has 1 heterocycles. The smallest absolute Gasteiger partial charge is 0.387 e. The normalized spacial score (nSPS) is 15.3. The van der Waals surface area contributed by atoms with E-state index in [1.54, 1.807) is 23.0 Å². The van der Waals surface area contributed by atoms with Gasteiger partial charge in [0.05, 0.1) is 4.91 Å². The number of nitrogens with one attached hydrogen (secondary N) is 1. The predicted molar refractivity (Wildman–Crippen MR) is 97.7 cm³/mol. The van der Waals surface area contributed by atoms with Crippen LogP contribution in [0.4, 0.5) is 8.78 Å². The second-order valence-electron chi connectivity index (χ2n) is 6.53. The molecule has 0 aliphatic heterocycles. The van der Waals surface area contributed by atoms with E-state index >= 15 is 0 Å². The number of halogens is 2. The van der Waals surface area contributed by atoms with E-state index in [0.29, 0.717) is 36.4 Å². The minimum atomic E-state index is -3.60. The maximum atomic E-state index is 12.6. The van der Waals surface area contributed by atoms with Crippen LogP contribution in [-0.2, 0) is 23.0 Å². The first kappa shape index (κ1) is 19.5. The molecule has 1 aromatic heterocycles. The van der Waals surface area contributed by atoms with Crippen LogP contribution in [0.3, 0.4) is 0 Å². The number of benzene rings is 1. The monoisotopic (exact) mass is 397 g/mol. The van der Waals surface area contributed by atoms with Crippen molar-refractivity contribution in [2.45, 2.75) is 32.9 Å². The van der Waals surface area contributed by atoms with Gasteiger partial charge in [-0.05, 0) is 54.2 Å². The molecule has 0 saturated heterocycles. The molecule has 1 N–H and O–H groups in total. The number of hydrogen-bond acceptors (Lipinski definition) is 4. The Morgan fingerprint density at radius 2 is 2.15 bits per heavy atom. The highest BCUT2D eigenvalue weighted by molar-refractivity contribution is 7.93. The lowest BCUT2D eigenvalue weighted by Gasteiger charge is -2.19. The number of hydrogen-bond donors (Lipinski definition) is 1. The first-order chi connectivity index (χ1) is 12.8. The molecule has 1 aromatic carbocycles. The minimum Gasteiger partial charge on any atom is -0.435 e. The summed E-state index contributed by atoms with van der Waals surface area (Å²) in [4.78, 5) is 0.295. The summed E-state index contributed by atoms with van der Waals surface area (Å²) < 4.78 is 58.6. The van der Waals surface area contributed by atoms with Crippen molar-refractivity contribution in [1.29, 1.82) is 0 Å². The molecule has 0 spiro atoms. The van der Waals surface area contributed by atoms with E-state index in [1.807, 2.05) is 19.2 Å². The van der Waals surface area contributed by atoms with Gasteiger partial charge in [0.1, 0.15) is 5.75 Å². The van der Waals surface area contributed by atoms with Gasteiger partial charge >= 0.3 is 6.61 Å². The number of allylic oxidation sites excluding steroid dienone is 1. The largest absolute Gasteiger partial charge is 0.435 e. The maximum Gasteiger partial charge on any atom is 0.387 e. The Morgan fingerprint density at radius 3 is 2.85 bits per heavy atom. The summed E-state index contributed by atoms with van der Waals surface area (Å²) in [5, 5.41) is 4.11. The zero-order valence-corrected chi connectivity index (χ0v) is 15.6. The van der Waals surface area contributed by atoms with Crippen LogP contribution >= 0.6 is 0 Å². The van der Waals surface area contributed by atoms with Gasteiger partial charge in [-0.15, -0.1) is 0 Å². The van der Waals surface area contributed by atoms with Crippen molar-refractivity contribution < 1.29 is 21.9 Å². The fourth-order valence-electron chi connectivity index (χ4n) is 2.97. The number of ether oxygens (including phenoxy) is 1. The molecule has 1 atom stereocenters. The third kappa shape index (κ3) is 5.14. The predicted octanol–water partition coefficient (Wildman–Crippen LogP) is 3.03. The van der Waals surface area contributed by atoms with Crippen molar-refractivity contribution in [3.05, 3.63) is 52.7 Å². The number of alkyl halides is 2. The van der Waals surface area contributed by atoms with Gasteiger partial charge in [0.15, 0.2) is 0 Å². The van der Waals surface area contributed by atoms with E-state index in [9.17, 15) is 17.2 Å². The van der Waals surface area contributed by atoms with Crippen LogP contribution in [0.25, 0.3) is 6.08 Å². The third-order valence-electron chi connectivity index (χ3n) is 4.32. The molecule has 0 unspecified atom stereocenters. The van der Waals surface area contributed by atoms with Crippen LogP contribution in [0.2, 0.25) is 0 Å². The van der Waals surface area contributed by atoms with Gasteiger partial charge in [-0.1, -0.05) is 13.0 Å². The summed E-state index contributed by atoms with van der Waals surface area (Å²) in [6.07, 6.45) is 5.86. The van der Waals surface area contributed by atoms with Crippen molar-refractivity contribution >= 4 is 16.1 Å². The summed E-state index contributed by atoms with van der Waals surface area (Å²) in [6.45, 7) is -0.0250. The number of sulfonamides is 1. The Balaban J connectivity index is 1.65. The van der Waals surface area contributed by atoms with E-state index in [1.165, 1.54) is 12.1 Å². The molecule has 3 rings (SSSR count). The summed E-state index contributed by atoms with van der Waals surface area (Å²) in [6, 6.07) is 6.36. The van der Waals surface area contributed by atoms with Crippen LogP contribution in [0.15, 0.2) is 41.6 Å². The fourth-order valence-corrected chi connectivity index (χ4v) is 4.31. The van der Waals surface area contributed by atoms with Crippen LogP contribution in [0.5, 0.6) is 5.75 Å². The SMILES string of the molecule is C[C@H](CNS(=O)(=O)C1=Cc2ccc(OC(F)F)cc2CC1)Cn1cccn1. The quantitative estimate of drug-likeness (QED) is 0.743. The molecule has 0 radical (unpaired) electrons. The highest BCUT2D eigenvalue weighted by atomic mass is 32.2. The molecule has 1 aliphatic rings. The van der Waals surface area contributed by atoms with Crippen LogP contribution in [0.1, 0.15) is 24.5 Å². The third-order valence-corrected chi connectivity index (χ3v) is 5.88. The van der Waals surface area contributed by atoms with Crippen molar-refractivity contribution in [3.8, 4) is 5.75 Å². The molecule has 0 bridgehead atoms. The van der Waals surface area contributed by atoms with E-state index in [2.05, 4.69) is 14.6 Å². The zero-order chi connectivity index (χ0) is 19.4. The van der Waals surface area contributed by atoms with E-state index in [0.717, 1.165) is 5.56 Å². The molecular formula is C18H21F2N3O3S. The Bertz CT molecular complexity index is 912. The zero-order valence-electron chi connectivity index (χ0n) is 14.8. The van der Waals surface area contributed by atoms with Gasteiger partial charge in [-0.25, -0.2) is 13.1 Å². The van der Waals surface area contributed by atoms with Crippen molar-refractivity contribution in [1.82, 2.24) is 14.5 Å². The number of fused-ring (bicyclic) bond motifs is 1. The Hall–Kier alpha value is -2.26. The Morgan fingerprint density at radius 1 is 1.33 bits per heavy atom. The number of aromatic nitrogens is 2. The van der Waals surface area contributed by atoms with Crippen molar-refractivity contribution in [2.75, 3.05) is 6.54 Å². The Labute approximate surface area is 156 Å². The highest BCUT2D eigenvalue weighted by Crippen LogP contribution is 2.30. The second-order valence-corrected chi connectivity index (χ2v) is 8.35. The van der Waals surface area contributed by atoms with E-state index < -0.39 is 16.6 Å². The van der Waals surface area contributed by atoms with Gasteiger partial charge in [0.25, 0.3) is 0 Å². The lowest BCUT2D eigenvalue weighted by Crippen LogP contribution is -2.31. The molecular weight excluding hydrogens is 376 g/mol. The lowest BCUT2D eigenvalue weighted by molar-refractivity contribution is -0.0498. The molecule has 6 nitrogen and oxygen atoms in total. The molecule has 2 aromatic rings. The van der Waals surface area contributed by atoms with Gasteiger partial charge in [0.2, 0.25) is 10.0 Å². The maximum absolute atomic E-state index is 12.6. The van der Waals surface area contributed by atoms with Gasteiger partial charge in [-0.3, -0.25) is 4.68 Å². The molecule has 0 fully saturated rings. The molecule has 9 heteroatoms. The first-order valence-electron chi connectivity index (χ1n) is 8.59. The average molecular weight is 397 g/mol. The highest BCUT2D eigenvalue weighted by Gasteiger charge is 2.23. The van der Waals surface area contributed by atoms with Gasteiger partial charge in [-0.2, -0.15) is 13.9 Å². The topological polar surface area (TPSA) is 73.2 Å². The van der Waals surface area contributed by atoms with Gasteiger partial charge < -0.3 is 4.74 Å². The molecule has 0 amide bonds. The first-order valence-corrected chi connectivity index (χ1v) is 10.1. The van der Waals surface area contributed by atoms with Crippen molar-refractivity contribution in [2.24, 2.45) is 5.92 Å². The molecule has 0 saturated carbocycles. The molecule has 27 heavy (non-hydrogen) atoms. The number of aryl methyl sites for hydroxylation is 1. The van der Waals surface area contributed by atoms with Gasteiger partial charge in [0, 0.05) is 25.5 Å². The summed E-state index contributed by atoms with van der Waals surface area (Å²) in [5.41, 5.74) is 1.49. The summed E-state index contributed by atoms with van der Waals surface area (Å²) >= 11 is 0. The number of nitrogens with zero attached hydrogens (tertiary/aromatic N) is 2. The van der Waals surface area contributed by atoms with Crippen LogP contribution in [0, 0.1) is 5.92 Å². The van der Waals surface area contributed by atoms with Crippen LogP contribution < -0.4 is 9.46 Å². The van der Waals surface area contributed by atoms with E-state index in [4.69, 9.17) is 0 Å². The van der Waals surface area contributed by atoms with Crippen LogP contribution in [-0.4, -0.2) is 31.4 Å². The second kappa shape index (κ2) is 8.18. The lowest BCUT2D eigenvalue weighted by atomic mass is 9.97. The minimum absolute atomic E-state index is 0.0743. The Kier molecular flexibility index (Phi) is 5.91. The summed E-state index contributed by atoms with van der Waals surface area (Å²) in [5.74, 6) is 0.152. The standard InChI is InChI=1S/C18H21F2N3O3S/c1-13(12-23-8-2-7-21-23)11-22-27(24,25)17-6-4-14-9-16(26-18(19)20)5-3-15(14)10-17/h2-3,5,7-10,13,18,22H,4,6,11-12H2,1H3/t13-/m1/s1. The molecule has 146 valence electrons. The number of rotatable bonds is 8.